The lowest BCUT2D eigenvalue weighted by molar-refractivity contribution is 0.531. The van der Waals surface area contributed by atoms with Gasteiger partial charge in [0.15, 0.2) is 0 Å². The van der Waals surface area contributed by atoms with Crippen LogP contribution in [0, 0.1) is 6.92 Å². The standard InChI is InChI=1S/C11H16N2/c1-9-4-3-5-10(13-9)8-12-11(2)6-7-11/h3-5,12H,6-8H2,1-2H3. The van der Waals surface area contributed by atoms with E-state index in [-0.39, 0.29) is 0 Å². The zero-order chi connectivity index (χ0) is 9.31. The molecule has 1 heterocycles. The molecule has 1 aromatic rings. The molecule has 1 aliphatic carbocycles. The minimum Gasteiger partial charge on any atom is -0.306 e. The molecule has 0 saturated heterocycles. The van der Waals surface area contributed by atoms with Gasteiger partial charge in [-0.05, 0) is 38.8 Å². The summed E-state index contributed by atoms with van der Waals surface area (Å²) in [5.41, 5.74) is 2.65. The molecule has 0 radical (unpaired) electrons. The van der Waals surface area contributed by atoms with Crippen LogP contribution in [0.25, 0.3) is 0 Å². The summed E-state index contributed by atoms with van der Waals surface area (Å²) in [5, 5.41) is 3.51. The Balaban J connectivity index is 1.94. The number of nitrogens with one attached hydrogen (secondary N) is 1. The van der Waals surface area contributed by atoms with Gasteiger partial charge in [-0.25, -0.2) is 0 Å². The first-order valence-electron chi connectivity index (χ1n) is 4.86. The van der Waals surface area contributed by atoms with E-state index in [4.69, 9.17) is 0 Å². The van der Waals surface area contributed by atoms with Crippen LogP contribution in [-0.4, -0.2) is 10.5 Å². The Bertz CT molecular complexity index is 303. The van der Waals surface area contributed by atoms with Crippen LogP contribution in [0.4, 0.5) is 0 Å². The predicted molar refractivity (Wildman–Crippen MR) is 53.5 cm³/mol. The molecule has 0 unspecified atom stereocenters. The van der Waals surface area contributed by atoms with Crippen molar-refractivity contribution < 1.29 is 0 Å². The molecule has 0 aliphatic heterocycles. The molecule has 2 rings (SSSR count). The van der Waals surface area contributed by atoms with Crippen LogP contribution in [0.1, 0.15) is 31.2 Å². The summed E-state index contributed by atoms with van der Waals surface area (Å²) >= 11 is 0. The molecule has 1 saturated carbocycles. The van der Waals surface area contributed by atoms with Crippen molar-refractivity contribution in [3.05, 3.63) is 29.6 Å². The van der Waals surface area contributed by atoms with Crippen molar-refractivity contribution in [3.8, 4) is 0 Å². The lowest BCUT2D eigenvalue weighted by Crippen LogP contribution is -2.27. The predicted octanol–water partition coefficient (Wildman–Crippen LogP) is 2.03. The Morgan fingerprint density at radius 3 is 2.85 bits per heavy atom. The fourth-order valence-corrected chi connectivity index (χ4v) is 1.37. The number of rotatable bonds is 3. The Hall–Kier alpha value is -0.890. The number of hydrogen-bond donors (Lipinski definition) is 1. The summed E-state index contributed by atoms with van der Waals surface area (Å²) in [5.74, 6) is 0. The monoisotopic (exact) mass is 176 g/mol. The van der Waals surface area contributed by atoms with Gasteiger partial charge in [-0.3, -0.25) is 4.98 Å². The molecular weight excluding hydrogens is 160 g/mol. The Morgan fingerprint density at radius 1 is 1.46 bits per heavy atom. The maximum atomic E-state index is 4.44. The van der Waals surface area contributed by atoms with Gasteiger partial charge in [0.25, 0.3) is 0 Å². The summed E-state index contributed by atoms with van der Waals surface area (Å²) in [6, 6.07) is 6.17. The third-order valence-corrected chi connectivity index (χ3v) is 2.64. The van der Waals surface area contributed by atoms with Crippen molar-refractivity contribution in [2.75, 3.05) is 0 Å². The Kier molecular flexibility index (Phi) is 2.08. The van der Waals surface area contributed by atoms with E-state index in [1.807, 2.05) is 13.0 Å². The van der Waals surface area contributed by atoms with Gasteiger partial charge in [0.05, 0.1) is 5.69 Å². The van der Waals surface area contributed by atoms with E-state index in [0.717, 1.165) is 17.9 Å². The molecule has 0 atom stereocenters. The molecule has 70 valence electrons. The van der Waals surface area contributed by atoms with Gasteiger partial charge in [-0.1, -0.05) is 6.07 Å². The van der Waals surface area contributed by atoms with Crippen molar-refractivity contribution in [3.63, 3.8) is 0 Å². The largest absolute Gasteiger partial charge is 0.306 e. The summed E-state index contributed by atoms with van der Waals surface area (Å²) in [6.45, 7) is 5.20. The van der Waals surface area contributed by atoms with Crippen molar-refractivity contribution in [1.82, 2.24) is 10.3 Å². The van der Waals surface area contributed by atoms with Gasteiger partial charge < -0.3 is 5.32 Å². The van der Waals surface area contributed by atoms with Gasteiger partial charge >= 0.3 is 0 Å². The van der Waals surface area contributed by atoms with Crippen molar-refractivity contribution in [2.24, 2.45) is 0 Å². The van der Waals surface area contributed by atoms with Crippen LogP contribution in [0.5, 0.6) is 0 Å². The van der Waals surface area contributed by atoms with Crippen LogP contribution >= 0.6 is 0 Å². The molecular formula is C11H16N2. The Morgan fingerprint density at radius 2 is 2.23 bits per heavy atom. The second-order valence-electron chi connectivity index (χ2n) is 4.18. The second kappa shape index (κ2) is 3.11. The van der Waals surface area contributed by atoms with Crippen LogP contribution < -0.4 is 5.32 Å². The quantitative estimate of drug-likeness (QED) is 0.762. The van der Waals surface area contributed by atoms with Crippen LogP contribution in [0.15, 0.2) is 18.2 Å². The summed E-state index contributed by atoms with van der Waals surface area (Å²) in [6.07, 6.45) is 2.61. The highest BCUT2D eigenvalue weighted by Crippen LogP contribution is 2.34. The van der Waals surface area contributed by atoms with Crippen LogP contribution in [0.3, 0.4) is 0 Å². The zero-order valence-electron chi connectivity index (χ0n) is 8.30. The second-order valence-corrected chi connectivity index (χ2v) is 4.18. The Labute approximate surface area is 79.4 Å². The van der Waals surface area contributed by atoms with Gasteiger partial charge in [0.2, 0.25) is 0 Å². The average Bonchev–Trinajstić information content (AvgIpc) is 2.82. The van der Waals surface area contributed by atoms with Gasteiger partial charge in [-0.15, -0.1) is 0 Å². The van der Waals surface area contributed by atoms with E-state index in [1.165, 1.54) is 12.8 Å². The van der Waals surface area contributed by atoms with Crippen LogP contribution in [-0.2, 0) is 6.54 Å². The minimum atomic E-state index is 0.408. The highest BCUT2D eigenvalue weighted by Gasteiger charge is 2.36. The first-order chi connectivity index (χ1) is 6.18. The van der Waals surface area contributed by atoms with Gasteiger partial charge in [-0.2, -0.15) is 0 Å². The smallest absolute Gasteiger partial charge is 0.0545 e. The van der Waals surface area contributed by atoms with E-state index in [0.29, 0.717) is 5.54 Å². The van der Waals surface area contributed by atoms with Crippen molar-refractivity contribution >= 4 is 0 Å². The normalized spacial score (nSPS) is 18.6. The molecule has 1 aliphatic rings. The molecule has 1 aromatic heterocycles. The van der Waals surface area contributed by atoms with Crippen LogP contribution in [0.2, 0.25) is 0 Å². The first kappa shape index (κ1) is 8.70. The molecule has 0 bridgehead atoms. The van der Waals surface area contributed by atoms with Crippen molar-refractivity contribution in [1.29, 1.82) is 0 Å². The molecule has 0 spiro atoms. The third kappa shape index (κ3) is 2.28. The lowest BCUT2D eigenvalue weighted by atomic mass is 10.2. The van der Waals surface area contributed by atoms with E-state index >= 15 is 0 Å². The highest BCUT2D eigenvalue weighted by atomic mass is 15.0. The lowest BCUT2D eigenvalue weighted by Gasteiger charge is -2.10. The van der Waals surface area contributed by atoms with Gasteiger partial charge in [0, 0.05) is 17.8 Å². The molecule has 1 fully saturated rings. The molecule has 0 aromatic carbocycles. The van der Waals surface area contributed by atoms with Gasteiger partial charge in [0.1, 0.15) is 0 Å². The average molecular weight is 176 g/mol. The maximum Gasteiger partial charge on any atom is 0.0545 e. The molecule has 13 heavy (non-hydrogen) atoms. The molecule has 2 heteroatoms. The van der Waals surface area contributed by atoms with Crippen molar-refractivity contribution in [2.45, 2.75) is 38.8 Å². The number of aryl methyl sites for hydroxylation is 1. The molecule has 2 nitrogen and oxygen atoms in total. The van der Waals surface area contributed by atoms with E-state index in [9.17, 15) is 0 Å². The highest BCUT2D eigenvalue weighted by molar-refractivity contribution is 5.10. The molecule has 0 amide bonds. The summed E-state index contributed by atoms with van der Waals surface area (Å²) < 4.78 is 0. The number of aromatic nitrogens is 1. The summed E-state index contributed by atoms with van der Waals surface area (Å²) in [4.78, 5) is 4.44. The number of nitrogens with zero attached hydrogens (tertiary/aromatic N) is 1. The fourth-order valence-electron chi connectivity index (χ4n) is 1.37. The topological polar surface area (TPSA) is 24.9 Å². The third-order valence-electron chi connectivity index (χ3n) is 2.64. The maximum absolute atomic E-state index is 4.44. The van der Waals surface area contributed by atoms with E-state index in [2.05, 4.69) is 29.4 Å². The first-order valence-corrected chi connectivity index (χ1v) is 4.86. The fraction of sp³-hybridized carbons (Fsp3) is 0.545. The van der Waals surface area contributed by atoms with E-state index < -0.39 is 0 Å². The summed E-state index contributed by atoms with van der Waals surface area (Å²) in [7, 11) is 0. The number of hydrogen-bond acceptors (Lipinski definition) is 2. The van der Waals surface area contributed by atoms with E-state index in [1.54, 1.807) is 0 Å². The molecule has 1 N–H and O–H groups in total. The SMILES string of the molecule is Cc1cccc(CNC2(C)CC2)n1. The number of pyridine rings is 1. The minimum absolute atomic E-state index is 0.408. The zero-order valence-corrected chi connectivity index (χ0v) is 8.30.